The summed E-state index contributed by atoms with van der Waals surface area (Å²) in [4.78, 5) is 16.9. The number of nitrogens with zero attached hydrogens (tertiary/aromatic N) is 2. The fourth-order valence-electron chi connectivity index (χ4n) is 2.67. The topological polar surface area (TPSA) is 35.6 Å². The minimum atomic E-state index is 0.0644. The molecule has 0 radical (unpaired) electrons. The van der Waals surface area contributed by atoms with Gasteiger partial charge in [-0.05, 0) is 30.7 Å². The van der Waals surface area contributed by atoms with Gasteiger partial charge in [0.15, 0.2) is 0 Å². The lowest BCUT2D eigenvalue weighted by Crippen LogP contribution is -2.45. The number of anilines is 1. The van der Waals surface area contributed by atoms with Gasteiger partial charge >= 0.3 is 0 Å². The first kappa shape index (κ1) is 17.0. The molecule has 22 heavy (non-hydrogen) atoms. The fraction of sp³-hybridized carbons (Fsp3) is 0.611. The number of carbonyl (C=O) groups excluding carboxylic acids is 1. The lowest BCUT2D eigenvalue weighted by atomic mass is 10.1. The summed E-state index contributed by atoms with van der Waals surface area (Å²) in [6, 6.07) is 8.27. The second-order valence-electron chi connectivity index (χ2n) is 6.21. The van der Waals surface area contributed by atoms with E-state index in [1.165, 1.54) is 18.7 Å². The summed E-state index contributed by atoms with van der Waals surface area (Å²) >= 11 is 0. The first-order valence-corrected chi connectivity index (χ1v) is 8.46. The van der Waals surface area contributed by atoms with Crippen molar-refractivity contribution in [3.05, 3.63) is 29.8 Å². The van der Waals surface area contributed by atoms with E-state index in [4.69, 9.17) is 0 Å². The molecule has 0 aromatic heterocycles. The number of amides is 1. The zero-order valence-electron chi connectivity index (χ0n) is 14.1. The maximum absolute atomic E-state index is 11.9. The molecule has 1 saturated heterocycles. The van der Waals surface area contributed by atoms with E-state index in [2.05, 4.69) is 34.2 Å². The van der Waals surface area contributed by atoms with Gasteiger partial charge in [-0.15, -0.1) is 0 Å². The number of rotatable bonds is 6. The normalized spacial score (nSPS) is 18.1. The Bertz CT molecular complexity index is 464. The van der Waals surface area contributed by atoms with Crippen LogP contribution in [0.5, 0.6) is 0 Å². The number of carbonyl (C=O) groups is 1. The van der Waals surface area contributed by atoms with Gasteiger partial charge in [0.1, 0.15) is 0 Å². The van der Waals surface area contributed by atoms with Crippen molar-refractivity contribution in [2.45, 2.75) is 33.7 Å². The molecule has 1 atom stereocenters. The Morgan fingerprint density at radius 2 is 1.68 bits per heavy atom. The molecule has 1 aromatic rings. The predicted octanol–water partition coefficient (Wildman–Crippen LogP) is 2.81. The molecule has 1 fully saturated rings. The Kier molecular flexibility index (Phi) is 6.40. The lowest BCUT2D eigenvalue weighted by Gasteiger charge is -2.34. The van der Waals surface area contributed by atoms with Crippen LogP contribution in [0.1, 0.15) is 32.8 Å². The van der Waals surface area contributed by atoms with Gasteiger partial charge in [0.05, 0.1) is 0 Å². The Balaban J connectivity index is 1.83. The standard InChI is InChI=1S/C18H29N3O/c1-4-15(3)18(22)19-17-8-6-16(7-9-17)14-21-12-10-20(5-2)11-13-21/h6-9,15H,4-5,10-14H2,1-3H3,(H,19,22)/t15-/m1/s1. The summed E-state index contributed by atoms with van der Waals surface area (Å²) in [5.41, 5.74) is 2.20. The molecular weight excluding hydrogens is 274 g/mol. The molecular formula is C18H29N3O. The number of benzene rings is 1. The molecule has 0 spiro atoms. The van der Waals surface area contributed by atoms with E-state index < -0.39 is 0 Å². The van der Waals surface area contributed by atoms with Gasteiger partial charge in [-0.1, -0.05) is 32.9 Å². The Morgan fingerprint density at radius 1 is 1.09 bits per heavy atom. The van der Waals surface area contributed by atoms with Crippen LogP contribution in [-0.4, -0.2) is 48.4 Å². The highest BCUT2D eigenvalue weighted by Crippen LogP contribution is 2.14. The molecule has 0 unspecified atom stereocenters. The second kappa shape index (κ2) is 8.30. The third-order valence-corrected chi connectivity index (χ3v) is 4.60. The van der Waals surface area contributed by atoms with Crippen LogP contribution in [0.4, 0.5) is 5.69 Å². The van der Waals surface area contributed by atoms with Crippen LogP contribution in [0, 0.1) is 5.92 Å². The molecule has 1 amide bonds. The van der Waals surface area contributed by atoms with Gasteiger partial charge in [0.2, 0.25) is 5.91 Å². The maximum atomic E-state index is 11.9. The van der Waals surface area contributed by atoms with Crippen LogP contribution in [0.25, 0.3) is 0 Å². The fourth-order valence-corrected chi connectivity index (χ4v) is 2.67. The van der Waals surface area contributed by atoms with Crippen molar-refractivity contribution < 1.29 is 4.79 Å². The van der Waals surface area contributed by atoms with Crippen LogP contribution in [0.2, 0.25) is 0 Å². The monoisotopic (exact) mass is 303 g/mol. The molecule has 0 bridgehead atoms. The first-order chi connectivity index (χ1) is 10.6. The largest absolute Gasteiger partial charge is 0.326 e. The van der Waals surface area contributed by atoms with Crippen molar-refractivity contribution in [2.24, 2.45) is 5.92 Å². The van der Waals surface area contributed by atoms with Crippen LogP contribution < -0.4 is 5.32 Å². The van der Waals surface area contributed by atoms with Crippen molar-refractivity contribution in [1.82, 2.24) is 9.80 Å². The van der Waals surface area contributed by atoms with E-state index in [9.17, 15) is 4.79 Å². The molecule has 1 N–H and O–H groups in total. The average Bonchev–Trinajstić information content (AvgIpc) is 2.56. The second-order valence-corrected chi connectivity index (χ2v) is 6.21. The van der Waals surface area contributed by atoms with E-state index in [1.807, 2.05) is 26.0 Å². The highest BCUT2D eigenvalue weighted by molar-refractivity contribution is 5.92. The van der Waals surface area contributed by atoms with Gasteiger partial charge in [-0.25, -0.2) is 0 Å². The number of hydrogen-bond acceptors (Lipinski definition) is 3. The summed E-state index contributed by atoms with van der Waals surface area (Å²) in [5.74, 6) is 0.167. The Hall–Kier alpha value is -1.39. The molecule has 1 heterocycles. The third-order valence-electron chi connectivity index (χ3n) is 4.60. The van der Waals surface area contributed by atoms with Crippen molar-refractivity contribution in [1.29, 1.82) is 0 Å². The molecule has 4 nitrogen and oxygen atoms in total. The van der Waals surface area contributed by atoms with Gasteiger partial charge in [-0.3, -0.25) is 9.69 Å². The Morgan fingerprint density at radius 3 is 2.23 bits per heavy atom. The van der Waals surface area contributed by atoms with Crippen molar-refractivity contribution in [3.63, 3.8) is 0 Å². The summed E-state index contributed by atoms with van der Waals surface area (Å²) in [6.07, 6.45) is 0.869. The first-order valence-electron chi connectivity index (χ1n) is 8.46. The summed E-state index contributed by atoms with van der Waals surface area (Å²) in [5, 5.41) is 2.98. The van der Waals surface area contributed by atoms with Crippen molar-refractivity contribution in [2.75, 3.05) is 38.0 Å². The molecule has 4 heteroatoms. The van der Waals surface area contributed by atoms with Crippen molar-refractivity contribution >= 4 is 11.6 Å². The smallest absolute Gasteiger partial charge is 0.227 e. The molecule has 0 saturated carbocycles. The quantitative estimate of drug-likeness (QED) is 0.878. The summed E-state index contributed by atoms with van der Waals surface area (Å²) in [6.45, 7) is 13.0. The van der Waals surface area contributed by atoms with Crippen LogP contribution >= 0.6 is 0 Å². The highest BCUT2D eigenvalue weighted by atomic mass is 16.1. The molecule has 122 valence electrons. The van der Waals surface area contributed by atoms with E-state index in [0.29, 0.717) is 0 Å². The molecule has 2 rings (SSSR count). The maximum Gasteiger partial charge on any atom is 0.227 e. The van der Waals surface area contributed by atoms with Gasteiger partial charge in [-0.2, -0.15) is 0 Å². The van der Waals surface area contributed by atoms with Crippen molar-refractivity contribution in [3.8, 4) is 0 Å². The summed E-state index contributed by atoms with van der Waals surface area (Å²) < 4.78 is 0. The van der Waals surface area contributed by atoms with Crippen LogP contribution in [-0.2, 0) is 11.3 Å². The minimum absolute atomic E-state index is 0.0644. The molecule has 1 aromatic carbocycles. The van der Waals surface area contributed by atoms with E-state index >= 15 is 0 Å². The van der Waals surface area contributed by atoms with Gasteiger partial charge in [0.25, 0.3) is 0 Å². The average molecular weight is 303 g/mol. The number of piperazine rings is 1. The zero-order chi connectivity index (χ0) is 15.9. The SMILES string of the molecule is CC[C@@H](C)C(=O)Nc1ccc(CN2CCN(CC)CC2)cc1. The molecule has 0 aliphatic carbocycles. The van der Waals surface area contributed by atoms with Crippen LogP contribution in [0.15, 0.2) is 24.3 Å². The van der Waals surface area contributed by atoms with E-state index in [0.717, 1.165) is 38.3 Å². The Labute approximate surface area is 134 Å². The highest BCUT2D eigenvalue weighted by Gasteiger charge is 2.15. The van der Waals surface area contributed by atoms with Gasteiger partial charge < -0.3 is 10.2 Å². The number of likely N-dealkylation sites (N-methyl/N-ethyl adjacent to an activating group) is 1. The molecule has 1 aliphatic heterocycles. The zero-order valence-corrected chi connectivity index (χ0v) is 14.1. The van der Waals surface area contributed by atoms with E-state index in [-0.39, 0.29) is 11.8 Å². The lowest BCUT2D eigenvalue weighted by molar-refractivity contribution is -0.119. The predicted molar refractivity (Wildman–Crippen MR) is 91.9 cm³/mol. The minimum Gasteiger partial charge on any atom is -0.326 e. The van der Waals surface area contributed by atoms with Crippen LogP contribution in [0.3, 0.4) is 0 Å². The number of nitrogens with one attached hydrogen (secondary N) is 1. The number of hydrogen-bond donors (Lipinski definition) is 1. The molecule has 1 aliphatic rings. The van der Waals surface area contributed by atoms with E-state index in [1.54, 1.807) is 0 Å². The van der Waals surface area contributed by atoms with Gasteiger partial charge in [0, 0.05) is 44.3 Å². The summed E-state index contributed by atoms with van der Waals surface area (Å²) in [7, 11) is 0. The third kappa shape index (κ3) is 4.82.